The zero-order valence-electron chi connectivity index (χ0n) is 33.5. The third kappa shape index (κ3) is 8.91. The SMILES string of the molecule is C=C[C@@H]1C[C@]1(NC(=O)[C@@H]1C[C@@H](Oc2cc(-c3csc(NC(C)C)n3)nc3c(Cl)c(OCC(=O)O)ccc23)CN1C(=O)[C@@H](NC(=O)OC1C[C@@H]2C[C@@H]2C1)C(C)(C)C)C(=O)O. The van der Waals surface area contributed by atoms with E-state index in [1.807, 2.05) is 19.2 Å². The fourth-order valence-corrected chi connectivity index (χ4v) is 9.25. The van der Waals surface area contributed by atoms with Crippen LogP contribution in [0.1, 0.15) is 66.7 Å². The van der Waals surface area contributed by atoms with Gasteiger partial charge in [-0.15, -0.1) is 17.9 Å². The lowest BCUT2D eigenvalue weighted by Gasteiger charge is -2.35. The summed E-state index contributed by atoms with van der Waals surface area (Å²) in [5.41, 5.74) is -1.29. The number of nitrogens with one attached hydrogen (secondary N) is 3. The number of anilines is 1. The molecule has 0 bridgehead atoms. The number of hydrogen-bond acceptors (Lipinski definition) is 12. The lowest BCUT2D eigenvalue weighted by molar-refractivity contribution is -0.146. The van der Waals surface area contributed by atoms with Gasteiger partial charge in [0.05, 0.1) is 17.8 Å². The summed E-state index contributed by atoms with van der Waals surface area (Å²) in [4.78, 5) is 76.7. The number of hydrogen-bond donors (Lipinski definition) is 5. The van der Waals surface area contributed by atoms with Crippen molar-refractivity contribution in [2.75, 3.05) is 18.5 Å². The number of carbonyl (C=O) groups excluding carboxylic acids is 3. The van der Waals surface area contributed by atoms with E-state index in [9.17, 15) is 34.2 Å². The minimum Gasteiger partial charge on any atom is -0.488 e. The largest absolute Gasteiger partial charge is 0.488 e. The zero-order valence-corrected chi connectivity index (χ0v) is 35.0. The summed E-state index contributed by atoms with van der Waals surface area (Å²) < 4.78 is 17.9. The second kappa shape index (κ2) is 16.1. The van der Waals surface area contributed by atoms with Crippen molar-refractivity contribution in [2.24, 2.45) is 23.2 Å². The summed E-state index contributed by atoms with van der Waals surface area (Å²) in [5.74, 6) is -2.64. The second-order valence-electron chi connectivity index (χ2n) is 17.3. The molecule has 3 aromatic rings. The van der Waals surface area contributed by atoms with Crippen LogP contribution < -0.4 is 25.4 Å². The standard InChI is InChI=1S/C41H49ClN6O10S/c1-7-22-15-41(22,37(53)54)47-35(51)28-13-24(16-48(28)36(52)34(40(4,5)6)46-39(55)58-23-11-20-10-21(20)12-23)57-30-14-26(27-18-59-38(45-27)43-19(2)3)44-33-25(30)8-9-29(32(33)42)56-17-31(49)50/h7-9,14,18-24,28,34H,1,10-13,15-17H2,2-6H3,(H,43,45)(H,46,55)(H,47,51)(H,49,50)(H,53,54)/t20-,21+,22-,23?,24-,28+,34-,41-/m1/s1. The topological polar surface area (TPSA) is 219 Å². The Morgan fingerprint density at radius 3 is 2.41 bits per heavy atom. The van der Waals surface area contributed by atoms with Gasteiger partial charge in [0, 0.05) is 35.2 Å². The molecule has 3 aliphatic carbocycles. The molecule has 16 nitrogen and oxygen atoms in total. The first-order chi connectivity index (χ1) is 27.9. The molecule has 3 heterocycles. The minimum atomic E-state index is -1.57. The highest BCUT2D eigenvalue weighted by atomic mass is 35.5. The molecule has 59 heavy (non-hydrogen) atoms. The third-order valence-electron chi connectivity index (χ3n) is 11.4. The number of amides is 3. The zero-order chi connectivity index (χ0) is 42.6. The summed E-state index contributed by atoms with van der Waals surface area (Å²) >= 11 is 8.18. The van der Waals surface area contributed by atoms with Crippen LogP contribution in [-0.4, -0.2) is 104 Å². The molecule has 0 spiro atoms. The highest BCUT2D eigenvalue weighted by molar-refractivity contribution is 7.14. The summed E-state index contributed by atoms with van der Waals surface area (Å²) in [6.45, 7) is 12.3. The van der Waals surface area contributed by atoms with Gasteiger partial charge in [-0.05, 0) is 68.9 Å². The van der Waals surface area contributed by atoms with E-state index in [0.29, 0.717) is 33.7 Å². The van der Waals surface area contributed by atoms with Crippen LogP contribution >= 0.6 is 22.9 Å². The fraction of sp³-hybridized carbons (Fsp3) is 0.537. The molecule has 3 saturated carbocycles. The van der Waals surface area contributed by atoms with E-state index in [1.165, 1.54) is 28.4 Å². The van der Waals surface area contributed by atoms with Crippen LogP contribution in [0.2, 0.25) is 5.02 Å². The molecule has 1 aliphatic heterocycles. The molecule has 4 aliphatic rings. The van der Waals surface area contributed by atoms with Gasteiger partial charge < -0.3 is 45.3 Å². The van der Waals surface area contributed by atoms with Crippen molar-refractivity contribution in [1.82, 2.24) is 25.5 Å². The number of carbonyl (C=O) groups is 5. The molecule has 1 saturated heterocycles. The van der Waals surface area contributed by atoms with Gasteiger partial charge in [-0.2, -0.15) is 0 Å². The van der Waals surface area contributed by atoms with E-state index >= 15 is 0 Å². The minimum absolute atomic E-state index is 0.0347. The molecule has 5 N–H and O–H groups in total. The van der Waals surface area contributed by atoms with E-state index in [4.69, 9.17) is 30.8 Å². The van der Waals surface area contributed by atoms with Gasteiger partial charge in [0.2, 0.25) is 11.8 Å². The molecule has 1 aromatic carbocycles. The third-order valence-corrected chi connectivity index (χ3v) is 12.5. The molecule has 2 aromatic heterocycles. The molecule has 8 atom stereocenters. The smallest absolute Gasteiger partial charge is 0.408 e. The molecule has 1 unspecified atom stereocenters. The van der Waals surface area contributed by atoms with E-state index in [1.54, 1.807) is 32.9 Å². The Kier molecular flexibility index (Phi) is 11.5. The van der Waals surface area contributed by atoms with Crippen LogP contribution in [0.5, 0.6) is 11.5 Å². The van der Waals surface area contributed by atoms with Crippen molar-refractivity contribution in [1.29, 1.82) is 0 Å². The van der Waals surface area contributed by atoms with Gasteiger partial charge in [0.25, 0.3) is 0 Å². The van der Waals surface area contributed by atoms with Crippen molar-refractivity contribution in [3.63, 3.8) is 0 Å². The number of benzene rings is 1. The first-order valence-electron chi connectivity index (χ1n) is 19.7. The molecule has 18 heteroatoms. The summed E-state index contributed by atoms with van der Waals surface area (Å²) in [6, 6.07) is 2.60. The van der Waals surface area contributed by atoms with Crippen LogP contribution in [0, 0.1) is 23.2 Å². The molecule has 4 fully saturated rings. The lowest BCUT2D eigenvalue weighted by Crippen LogP contribution is -2.59. The van der Waals surface area contributed by atoms with E-state index in [-0.39, 0.29) is 53.6 Å². The normalized spacial score (nSPS) is 26.1. The molecule has 0 radical (unpaired) electrons. The molecule has 316 valence electrons. The van der Waals surface area contributed by atoms with Gasteiger partial charge in [0.1, 0.15) is 52.0 Å². The predicted octanol–water partition coefficient (Wildman–Crippen LogP) is 5.73. The van der Waals surface area contributed by atoms with Gasteiger partial charge in [0.15, 0.2) is 11.7 Å². The van der Waals surface area contributed by atoms with Gasteiger partial charge >= 0.3 is 18.0 Å². The Morgan fingerprint density at radius 2 is 1.78 bits per heavy atom. The fourth-order valence-electron chi connectivity index (χ4n) is 8.14. The Hall–Kier alpha value is -5.16. The first kappa shape index (κ1) is 42.0. The first-order valence-corrected chi connectivity index (χ1v) is 20.9. The monoisotopic (exact) mass is 852 g/mol. The van der Waals surface area contributed by atoms with Crippen molar-refractivity contribution in [2.45, 2.75) is 103 Å². The number of halogens is 1. The van der Waals surface area contributed by atoms with E-state index < -0.39 is 71.5 Å². The Bertz CT molecular complexity index is 2180. The lowest BCUT2D eigenvalue weighted by atomic mass is 9.85. The highest BCUT2D eigenvalue weighted by Gasteiger charge is 2.61. The number of alkyl carbamates (subject to hydrolysis) is 1. The maximum Gasteiger partial charge on any atom is 0.408 e. The van der Waals surface area contributed by atoms with Crippen molar-refractivity contribution in [3.05, 3.63) is 41.3 Å². The van der Waals surface area contributed by atoms with Crippen LogP contribution in [0.25, 0.3) is 22.3 Å². The maximum atomic E-state index is 14.7. The van der Waals surface area contributed by atoms with Gasteiger partial charge in [-0.3, -0.25) is 9.59 Å². The van der Waals surface area contributed by atoms with Crippen LogP contribution in [-0.2, 0) is 23.9 Å². The van der Waals surface area contributed by atoms with Gasteiger partial charge in [-0.25, -0.2) is 24.4 Å². The van der Waals surface area contributed by atoms with Crippen LogP contribution in [0.15, 0.2) is 36.2 Å². The average molecular weight is 853 g/mol. The number of rotatable bonds is 15. The maximum absolute atomic E-state index is 14.7. The summed E-state index contributed by atoms with van der Waals surface area (Å²) in [7, 11) is 0. The Labute approximate surface area is 350 Å². The van der Waals surface area contributed by atoms with E-state index in [2.05, 4.69) is 27.5 Å². The van der Waals surface area contributed by atoms with Crippen molar-refractivity contribution in [3.8, 4) is 22.9 Å². The number of carboxylic acid groups (broad SMARTS) is 2. The number of nitrogens with zero attached hydrogens (tertiary/aromatic N) is 3. The summed E-state index contributed by atoms with van der Waals surface area (Å²) in [6.07, 6.45) is 2.56. The number of carboxylic acids is 2. The summed E-state index contributed by atoms with van der Waals surface area (Å²) in [5, 5.41) is 31.0. The number of thiazole rings is 1. The number of fused-ring (bicyclic) bond motifs is 2. The molecular weight excluding hydrogens is 804 g/mol. The number of pyridine rings is 1. The van der Waals surface area contributed by atoms with Gasteiger partial charge in [-0.1, -0.05) is 38.4 Å². The van der Waals surface area contributed by atoms with Crippen molar-refractivity contribution >= 4 is 68.8 Å². The predicted molar refractivity (Wildman–Crippen MR) is 219 cm³/mol. The average Bonchev–Trinajstić information content (AvgIpc) is 3.83. The molecule has 7 rings (SSSR count). The van der Waals surface area contributed by atoms with E-state index in [0.717, 1.165) is 19.3 Å². The number of aliphatic carboxylic acids is 2. The van der Waals surface area contributed by atoms with Crippen LogP contribution in [0.3, 0.4) is 0 Å². The second-order valence-corrected chi connectivity index (χ2v) is 18.5. The quantitative estimate of drug-likeness (QED) is 0.116. The Morgan fingerprint density at radius 1 is 1.05 bits per heavy atom. The number of likely N-dealkylation sites (tertiary alicyclic amines) is 1. The van der Waals surface area contributed by atoms with Crippen molar-refractivity contribution < 1.29 is 48.4 Å². The van der Waals surface area contributed by atoms with Crippen LogP contribution in [0.4, 0.5) is 9.93 Å². The molecule has 3 amide bonds. The number of aromatic nitrogens is 2. The highest BCUT2D eigenvalue weighted by Crippen LogP contribution is 2.52. The number of ether oxygens (including phenoxy) is 3. The molecular formula is C41H49ClN6O10S. The Balaban J connectivity index is 1.21.